The summed E-state index contributed by atoms with van der Waals surface area (Å²) in [6, 6.07) is 5.85. The van der Waals surface area contributed by atoms with E-state index in [-0.39, 0.29) is 4.77 Å². The first-order valence-electron chi connectivity index (χ1n) is 4.23. The van der Waals surface area contributed by atoms with Crippen LogP contribution < -0.4 is 4.74 Å². The number of methoxy groups -OCH3 is 1. The van der Waals surface area contributed by atoms with Gasteiger partial charge in [0.2, 0.25) is 4.77 Å². The molecular formula is C9H8N4OS. The lowest BCUT2D eigenvalue weighted by Crippen LogP contribution is -1.98. The lowest BCUT2D eigenvalue weighted by molar-refractivity contribution is 0.378. The largest absolute Gasteiger partial charge is 0.468 e. The molecule has 5 nitrogen and oxygen atoms in total. The summed E-state index contributed by atoms with van der Waals surface area (Å²) >= 11 is 4.90. The Hall–Kier alpha value is -1.82. The van der Waals surface area contributed by atoms with Gasteiger partial charge < -0.3 is 4.74 Å². The summed E-state index contributed by atoms with van der Waals surface area (Å²) in [6.45, 7) is 0. The van der Waals surface area contributed by atoms with E-state index in [1.54, 1.807) is 6.20 Å². The molecule has 2 rings (SSSR count). The highest BCUT2D eigenvalue weighted by Gasteiger charge is 2.03. The van der Waals surface area contributed by atoms with E-state index in [9.17, 15) is 0 Å². The summed E-state index contributed by atoms with van der Waals surface area (Å²) in [6.07, 6.45) is 1.68. The van der Waals surface area contributed by atoms with Gasteiger partial charge in [-0.25, -0.2) is 0 Å². The van der Waals surface area contributed by atoms with Gasteiger partial charge in [0.05, 0.1) is 7.11 Å². The molecule has 6 heteroatoms. The molecule has 76 valence electrons. The summed E-state index contributed by atoms with van der Waals surface area (Å²) in [5.74, 6) is 0.549. The van der Waals surface area contributed by atoms with E-state index < -0.39 is 0 Å². The van der Waals surface area contributed by atoms with Crippen LogP contribution in [0.25, 0.3) is 11.5 Å². The van der Waals surface area contributed by atoms with Gasteiger partial charge in [-0.2, -0.15) is 9.97 Å². The maximum Gasteiger partial charge on any atom is 0.297 e. The second-order valence-corrected chi connectivity index (χ2v) is 3.07. The Morgan fingerprint density at radius 1 is 1.33 bits per heavy atom. The van der Waals surface area contributed by atoms with Crippen LogP contribution in [0.15, 0.2) is 24.4 Å². The molecule has 0 radical (unpaired) electrons. The number of hydrogen-bond donors (Lipinski definition) is 1. The quantitative estimate of drug-likeness (QED) is 0.779. The van der Waals surface area contributed by atoms with Gasteiger partial charge in [0.25, 0.3) is 6.01 Å². The number of pyridine rings is 1. The molecule has 0 aromatic carbocycles. The van der Waals surface area contributed by atoms with Crippen LogP contribution in [0, 0.1) is 4.77 Å². The first-order valence-corrected chi connectivity index (χ1v) is 4.64. The second kappa shape index (κ2) is 4.14. The molecular weight excluding hydrogens is 212 g/mol. The van der Waals surface area contributed by atoms with Gasteiger partial charge >= 0.3 is 0 Å². The molecule has 2 aromatic rings. The highest BCUT2D eigenvalue weighted by atomic mass is 32.1. The van der Waals surface area contributed by atoms with E-state index in [4.69, 9.17) is 17.0 Å². The van der Waals surface area contributed by atoms with E-state index in [2.05, 4.69) is 19.9 Å². The Labute approximate surface area is 91.2 Å². The van der Waals surface area contributed by atoms with Crippen molar-refractivity contribution in [3.8, 4) is 17.5 Å². The molecule has 0 saturated heterocycles. The van der Waals surface area contributed by atoms with Gasteiger partial charge in [-0.1, -0.05) is 6.07 Å². The fourth-order valence-electron chi connectivity index (χ4n) is 1.09. The van der Waals surface area contributed by atoms with Crippen molar-refractivity contribution in [1.29, 1.82) is 0 Å². The van der Waals surface area contributed by atoms with Crippen molar-refractivity contribution in [1.82, 2.24) is 19.9 Å². The first-order chi connectivity index (χ1) is 7.29. The predicted octanol–water partition coefficient (Wildman–Crippen LogP) is 1.60. The Kier molecular flexibility index (Phi) is 2.68. The van der Waals surface area contributed by atoms with Crippen LogP contribution in [0.1, 0.15) is 0 Å². The molecule has 0 aliphatic carbocycles. The zero-order chi connectivity index (χ0) is 10.7. The van der Waals surface area contributed by atoms with Crippen molar-refractivity contribution >= 4 is 12.2 Å². The van der Waals surface area contributed by atoms with Crippen molar-refractivity contribution in [2.45, 2.75) is 0 Å². The molecule has 1 N–H and O–H groups in total. The highest BCUT2D eigenvalue weighted by molar-refractivity contribution is 7.71. The molecule has 0 unspecified atom stereocenters. The molecule has 15 heavy (non-hydrogen) atoms. The summed E-state index contributed by atoms with van der Waals surface area (Å²) in [5.41, 5.74) is 0.698. The predicted molar refractivity (Wildman–Crippen MR) is 57.0 cm³/mol. The number of H-pyrrole nitrogens is 1. The van der Waals surface area contributed by atoms with Gasteiger partial charge in [0.1, 0.15) is 5.69 Å². The lowest BCUT2D eigenvalue weighted by Gasteiger charge is -2.02. The standard InChI is InChI=1S/C9H8N4OS/c1-14-8-11-7(12-9(15)13-8)6-4-2-3-5-10-6/h2-5H,1H3,(H,11,12,13,15). The molecule has 0 fully saturated rings. The molecule has 0 aliphatic rings. The Bertz CT molecular complexity index is 511. The molecule has 2 heterocycles. The zero-order valence-electron chi connectivity index (χ0n) is 7.97. The minimum atomic E-state index is 0.228. The molecule has 0 saturated carbocycles. The van der Waals surface area contributed by atoms with E-state index in [0.29, 0.717) is 17.5 Å². The SMILES string of the molecule is COc1nc(=S)nc(-c2ccccn2)[nH]1. The second-order valence-electron chi connectivity index (χ2n) is 2.70. The number of nitrogens with one attached hydrogen (secondary N) is 1. The van der Waals surface area contributed by atoms with Crippen LogP contribution in [-0.4, -0.2) is 27.0 Å². The molecule has 0 aliphatic heterocycles. The Balaban J connectivity index is 2.54. The third-order valence-electron chi connectivity index (χ3n) is 1.73. The maximum atomic E-state index is 4.96. The highest BCUT2D eigenvalue weighted by Crippen LogP contribution is 2.12. The topological polar surface area (TPSA) is 63.7 Å². The Morgan fingerprint density at radius 2 is 2.20 bits per heavy atom. The van der Waals surface area contributed by atoms with Gasteiger partial charge in [0, 0.05) is 6.20 Å². The molecule has 0 bridgehead atoms. The van der Waals surface area contributed by atoms with Crippen molar-refractivity contribution in [2.24, 2.45) is 0 Å². The number of rotatable bonds is 2. The van der Waals surface area contributed by atoms with E-state index in [0.717, 1.165) is 0 Å². The summed E-state index contributed by atoms with van der Waals surface area (Å²) < 4.78 is 5.18. The van der Waals surface area contributed by atoms with Crippen molar-refractivity contribution in [2.75, 3.05) is 7.11 Å². The zero-order valence-corrected chi connectivity index (χ0v) is 8.78. The summed E-state index contributed by atoms with van der Waals surface area (Å²) in [4.78, 5) is 15.0. The Morgan fingerprint density at radius 3 is 2.87 bits per heavy atom. The molecule has 0 amide bonds. The number of hydrogen-bond acceptors (Lipinski definition) is 5. The number of aromatic nitrogens is 4. The van der Waals surface area contributed by atoms with E-state index in [1.165, 1.54) is 7.11 Å². The van der Waals surface area contributed by atoms with Crippen LogP contribution in [0.4, 0.5) is 0 Å². The fourth-order valence-corrected chi connectivity index (χ4v) is 1.26. The third-order valence-corrected chi connectivity index (χ3v) is 1.91. The molecule has 0 spiro atoms. The maximum absolute atomic E-state index is 4.96. The van der Waals surface area contributed by atoms with Crippen molar-refractivity contribution < 1.29 is 4.74 Å². The molecule has 0 atom stereocenters. The van der Waals surface area contributed by atoms with Crippen LogP contribution in [0.2, 0.25) is 0 Å². The number of aromatic amines is 1. The average Bonchev–Trinajstić information content (AvgIpc) is 2.29. The van der Waals surface area contributed by atoms with Gasteiger partial charge in [-0.15, -0.1) is 0 Å². The van der Waals surface area contributed by atoms with Crippen LogP contribution >= 0.6 is 12.2 Å². The lowest BCUT2D eigenvalue weighted by atomic mass is 10.3. The normalized spacial score (nSPS) is 9.93. The van der Waals surface area contributed by atoms with Crippen LogP contribution in [0.5, 0.6) is 6.01 Å². The van der Waals surface area contributed by atoms with Crippen molar-refractivity contribution in [3.05, 3.63) is 29.2 Å². The van der Waals surface area contributed by atoms with E-state index >= 15 is 0 Å². The molecule has 2 aromatic heterocycles. The van der Waals surface area contributed by atoms with Gasteiger partial charge in [0.15, 0.2) is 5.82 Å². The van der Waals surface area contributed by atoms with Crippen molar-refractivity contribution in [3.63, 3.8) is 0 Å². The van der Waals surface area contributed by atoms with Crippen LogP contribution in [-0.2, 0) is 0 Å². The van der Waals surface area contributed by atoms with Gasteiger partial charge in [-0.3, -0.25) is 9.97 Å². The number of ether oxygens (including phenoxy) is 1. The number of nitrogens with zero attached hydrogens (tertiary/aromatic N) is 3. The minimum absolute atomic E-state index is 0.228. The van der Waals surface area contributed by atoms with Crippen LogP contribution in [0.3, 0.4) is 0 Å². The average molecular weight is 220 g/mol. The summed E-state index contributed by atoms with van der Waals surface area (Å²) in [7, 11) is 1.51. The smallest absolute Gasteiger partial charge is 0.297 e. The first kappa shape index (κ1) is 9.72. The summed E-state index contributed by atoms with van der Waals surface area (Å²) in [5, 5.41) is 0. The third kappa shape index (κ3) is 2.16. The van der Waals surface area contributed by atoms with Gasteiger partial charge in [-0.05, 0) is 24.4 Å². The minimum Gasteiger partial charge on any atom is -0.468 e. The monoisotopic (exact) mass is 220 g/mol. The van der Waals surface area contributed by atoms with E-state index in [1.807, 2.05) is 18.2 Å². The fraction of sp³-hybridized carbons (Fsp3) is 0.111.